The van der Waals surface area contributed by atoms with Crippen molar-refractivity contribution in [3.8, 4) is 0 Å². The summed E-state index contributed by atoms with van der Waals surface area (Å²) in [5.74, 6) is -6.05. The molecule has 0 saturated carbocycles. The molecule has 1 saturated heterocycles. The van der Waals surface area contributed by atoms with Gasteiger partial charge in [-0.3, -0.25) is 23.7 Å². The lowest BCUT2D eigenvalue weighted by Crippen LogP contribution is -2.58. The van der Waals surface area contributed by atoms with Crippen LogP contribution < -0.4 is 21.3 Å². The van der Waals surface area contributed by atoms with E-state index in [1.165, 1.54) is 0 Å². The molecule has 0 bridgehead atoms. The Morgan fingerprint density at radius 2 is 1.72 bits per heavy atom. The molecule has 0 aliphatic carbocycles. The smallest absolute Gasteiger partial charge is 0.374 e. The van der Waals surface area contributed by atoms with E-state index in [4.69, 9.17) is 0 Å². The number of amides is 4. The number of aliphatic hydroxyl groups is 1. The molecule has 4 rings (SSSR count). The first-order valence-electron chi connectivity index (χ1n) is 15.8. The van der Waals surface area contributed by atoms with Crippen LogP contribution in [0.25, 0.3) is 10.8 Å². The standard InChI is InChI=1S/C32H38F3N5O9S/c1-17(2)13-22(28(42)39-25(31(45)50(46,47)48)15-20-10-6-12-36-27(20)41)37-29(43)23(14-19-9-5-8-18-7-3-4-11-21(18)19)38-30(44)24-16-26(49-40-24)32(33,34)35/h3-5,7-9,11,16-17,20,22-23,25,31,45H,6,10,12-15H2,1-2H3,(H,36,41)(H,37,43)(H,38,44)(H,39,42)(H,46,47,48)/t20-,22+,23?,25+,31?/m0/s1. The highest BCUT2D eigenvalue weighted by molar-refractivity contribution is 7.86. The van der Waals surface area contributed by atoms with Crippen LogP contribution in [0.5, 0.6) is 0 Å². The number of hydrogen-bond donors (Lipinski definition) is 6. The first kappa shape index (κ1) is 38.3. The summed E-state index contributed by atoms with van der Waals surface area (Å²) in [6.07, 6.45) is -4.60. The third-order valence-corrected chi connectivity index (χ3v) is 9.14. The molecule has 2 unspecified atom stereocenters. The van der Waals surface area contributed by atoms with Crippen LogP contribution in [0.3, 0.4) is 0 Å². The minimum atomic E-state index is -5.11. The SMILES string of the molecule is CC(C)C[C@@H](NC(=O)C(Cc1cccc2ccccc12)NC(=O)c1cc(C(F)(F)F)on1)C(=O)N[C@H](C[C@@H]1CCCNC1=O)C(O)S(=O)(=O)O. The number of carbonyl (C=O) groups excluding carboxylic acids is 4. The summed E-state index contributed by atoms with van der Waals surface area (Å²) in [5, 5.41) is 25.0. The Balaban J connectivity index is 1.62. The van der Waals surface area contributed by atoms with E-state index in [-0.39, 0.29) is 25.2 Å². The topological polar surface area (TPSA) is 217 Å². The summed E-state index contributed by atoms with van der Waals surface area (Å²) in [4.78, 5) is 53.0. The van der Waals surface area contributed by atoms with Gasteiger partial charge in [0, 0.05) is 24.9 Å². The van der Waals surface area contributed by atoms with E-state index < -0.39 is 80.9 Å². The van der Waals surface area contributed by atoms with E-state index in [1.807, 2.05) is 12.1 Å². The van der Waals surface area contributed by atoms with Gasteiger partial charge in [-0.2, -0.15) is 21.6 Å². The zero-order valence-electron chi connectivity index (χ0n) is 27.1. The molecule has 1 aromatic heterocycles. The fourth-order valence-corrected chi connectivity index (χ4v) is 6.32. The summed E-state index contributed by atoms with van der Waals surface area (Å²) < 4.78 is 77.0. The highest BCUT2D eigenvalue weighted by atomic mass is 32.2. The summed E-state index contributed by atoms with van der Waals surface area (Å²) in [6, 6.07) is 8.21. The number of alkyl halides is 3. The van der Waals surface area contributed by atoms with Crippen LogP contribution in [0, 0.1) is 11.8 Å². The van der Waals surface area contributed by atoms with Crippen LogP contribution in [-0.4, -0.2) is 77.0 Å². The van der Waals surface area contributed by atoms with Crippen LogP contribution >= 0.6 is 0 Å². The number of hydrogen-bond acceptors (Lipinski definition) is 9. The number of piperidine rings is 1. The van der Waals surface area contributed by atoms with Crippen molar-refractivity contribution >= 4 is 44.5 Å². The largest absolute Gasteiger partial charge is 0.452 e. The molecule has 6 N–H and O–H groups in total. The Hall–Kier alpha value is -4.55. The Labute approximate surface area is 285 Å². The zero-order valence-corrected chi connectivity index (χ0v) is 27.9. The molecule has 272 valence electrons. The third-order valence-electron chi connectivity index (χ3n) is 8.20. The van der Waals surface area contributed by atoms with Gasteiger partial charge < -0.3 is 30.9 Å². The van der Waals surface area contributed by atoms with Crippen LogP contribution in [0.4, 0.5) is 13.2 Å². The predicted molar refractivity (Wildman–Crippen MR) is 172 cm³/mol. The van der Waals surface area contributed by atoms with Gasteiger partial charge in [0.15, 0.2) is 5.69 Å². The number of nitrogens with one attached hydrogen (secondary N) is 4. The summed E-state index contributed by atoms with van der Waals surface area (Å²) in [5.41, 5.74) is -2.68. The van der Waals surface area contributed by atoms with E-state index in [0.717, 1.165) is 5.39 Å². The number of nitrogens with zero attached hydrogens (tertiary/aromatic N) is 1. The Morgan fingerprint density at radius 3 is 2.36 bits per heavy atom. The van der Waals surface area contributed by atoms with Crippen molar-refractivity contribution < 1.29 is 54.9 Å². The van der Waals surface area contributed by atoms with E-state index >= 15 is 0 Å². The molecule has 1 aliphatic heterocycles. The van der Waals surface area contributed by atoms with Gasteiger partial charge >= 0.3 is 6.18 Å². The maximum absolute atomic E-state index is 13.9. The van der Waals surface area contributed by atoms with Crippen molar-refractivity contribution in [2.45, 2.75) is 75.7 Å². The second kappa shape index (κ2) is 16.0. The van der Waals surface area contributed by atoms with Gasteiger partial charge in [0.1, 0.15) is 12.1 Å². The number of carbonyl (C=O) groups is 4. The van der Waals surface area contributed by atoms with Gasteiger partial charge in [-0.05, 0) is 47.9 Å². The summed E-state index contributed by atoms with van der Waals surface area (Å²) >= 11 is 0. The molecule has 2 heterocycles. The average molecular weight is 726 g/mol. The third kappa shape index (κ3) is 10.0. The Bertz CT molecular complexity index is 1810. The lowest BCUT2D eigenvalue weighted by atomic mass is 9.91. The molecule has 14 nitrogen and oxygen atoms in total. The molecular weight excluding hydrogens is 687 g/mol. The minimum Gasteiger partial charge on any atom is -0.374 e. The molecule has 5 atom stereocenters. The number of aliphatic hydroxyl groups excluding tert-OH is 1. The number of aromatic nitrogens is 1. The highest BCUT2D eigenvalue weighted by Crippen LogP contribution is 2.29. The zero-order chi connectivity index (χ0) is 36.8. The van der Waals surface area contributed by atoms with Crippen molar-refractivity contribution in [1.29, 1.82) is 0 Å². The fourth-order valence-electron chi connectivity index (χ4n) is 5.73. The number of halogens is 3. The molecule has 1 aliphatic rings. The summed E-state index contributed by atoms with van der Waals surface area (Å²) in [6.45, 7) is 3.84. The van der Waals surface area contributed by atoms with Crippen LogP contribution in [0.15, 0.2) is 53.1 Å². The molecule has 0 radical (unpaired) electrons. The number of fused-ring (bicyclic) bond motifs is 1. The van der Waals surface area contributed by atoms with Gasteiger partial charge in [-0.1, -0.05) is 61.5 Å². The summed E-state index contributed by atoms with van der Waals surface area (Å²) in [7, 11) is -5.11. The number of benzene rings is 2. The van der Waals surface area contributed by atoms with Crippen molar-refractivity contribution in [3.63, 3.8) is 0 Å². The molecule has 0 spiro atoms. The van der Waals surface area contributed by atoms with Crippen molar-refractivity contribution in [1.82, 2.24) is 26.4 Å². The second-order valence-electron chi connectivity index (χ2n) is 12.5. The Morgan fingerprint density at radius 1 is 1.04 bits per heavy atom. The molecule has 18 heteroatoms. The van der Waals surface area contributed by atoms with Crippen LogP contribution in [-0.2, 0) is 37.1 Å². The maximum Gasteiger partial charge on any atom is 0.452 e. The van der Waals surface area contributed by atoms with Crippen molar-refractivity contribution in [3.05, 3.63) is 65.5 Å². The van der Waals surface area contributed by atoms with E-state index in [2.05, 4.69) is 30.9 Å². The Kier molecular flexibility index (Phi) is 12.2. The minimum absolute atomic E-state index is 0.0245. The normalized spacial score (nSPS) is 17.8. The van der Waals surface area contributed by atoms with Gasteiger partial charge in [-0.25, -0.2) is 0 Å². The van der Waals surface area contributed by atoms with Gasteiger partial charge in [0.05, 0.1) is 6.04 Å². The molecule has 4 amide bonds. The van der Waals surface area contributed by atoms with E-state index in [0.29, 0.717) is 36.4 Å². The highest BCUT2D eigenvalue weighted by Gasteiger charge is 2.39. The van der Waals surface area contributed by atoms with Crippen molar-refractivity contribution in [2.24, 2.45) is 11.8 Å². The first-order valence-corrected chi connectivity index (χ1v) is 17.3. The quantitative estimate of drug-likeness (QED) is 0.133. The molecular formula is C32H38F3N5O9S. The van der Waals surface area contributed by atoms with Gasteiger partial charge in [0.25, 0.3) is 16.0 Å². The molecule has 50 heavy (non-hydrogen) atoms. The average Bonchev–Trinajstić information content (AvgIpc) is 3.56. The van der Waals surface area contributed by atoms with Crippen LogP contribution in [0.2, 0.25) is 0 Å². The predicted octanol–water partition coefficient (Wildman–Crippen LogP) is 2.33. The first-order chi connectivity index (χ1) is 23.4. The fraction of sp³-hybridized carbons (Fsp3) is 0.469. The lowest BCUT2D eigenvalue weighted by molar-refractivity contribution is -0.155. The van der Waals surface area contributed by atoms with Crippen LogP contribution in [0.1, 0.15) is 61.3 Å². The number of rotatable bonds is 14. The molecule has 2 aromatic carbocycles. The van der Waals surface area contributed by atoms with Gasteiger partial charge in [0.2, 0.25) is 28.9 Å². The molecule has 3 aromatic rings. The van der Waals surface area contributed by atoms with Gasteiger partial charge in [-0.15, -0.1) is 0 Å². The second-order valence-corrected chi connectivity index (χ2v) is 14.0. The van der Waals surface area contributed by atoms with E-state index in [9.17, 15) is 50.4 Å². The monoisotopic (exact) mass is 725 g/mol. The van der Waals surface area contributed by atoms with Crippen molar-refractivity contribution in [2.75, 3.05) is 6.54 Å². The maximum atomic E-state index is 13.9. The lowest BCUT2D eigenvalue weighted by Gasteiger charge is -2.30. The molecule has 1 fully saturated rings. The van der Waals surface area contributed by atoms with E-state index in [1.54, 1.807) is 44.2 Å².